The molecule has 1 aromatic rings. The van der Waals surface area contributed by atoms with E-state index in [0.717, 1.165) is 45.3 Å². The van der Waals surface area contributed by atoms with Crippen molar-refractivity contribution in [2.24, 2.45) is 5.41 Å². The molecule has 152 valence electrons. The molecule has 1 aromatic carbocycles. The first-order chi connectivity index (χ1) is 13.6. The highest BCUT2D eigenvalue weighted by molar-refractivity contribution is 5.95. The molecule has 0 bridgehead atoms. The van der Waals surface area contributed by atoms with Crippen LogP contribution in [0.4, 0.5) is 0 Å². The van der Waals surface area contributed by atoms with Crippen LogP contribution in [0.1, 0.15) is 42.5 Å². The fraction of sp³-hybridized carbons (Fsp3) is 0.619. The minimum Gasteiger partial charge on any atom is -0.454 e. The molecule has 2 amide bonds. The maximum Gasteiger partial charge on any atom is 0.253 e. The molecule has 2 saturated heterocycles. The summed E-state index contributed by atoms with van der Waals surface area (Å²) in [5.41, 5.74) is 0.811. The molecule has 0 aliphatic carbocycles. The molecular formula is C21H28N2O5. The van der Waals surface area contributed by atoms with E-state index in [0.29, 0.717) is 36.6 Å². The lowest BCUT2D eigenvalue weighted by molar-refractivity contribution is -0.131. The maximum absolute atomic E-state index is 12.9. The van der Waals surface area contributed by atoms with E-state index in [1.54, 1.807) is 25.3 Å². The van der Waals surface area contributed by atoms with Crippen LogP contribution in [0.3, 0.4) is 0 Å². The third kappa shape index (κ3) is 3.81. The SMILES string of the molecule is COCCN1CCC2(CCC1=O)CCN(C(=O)c1ccc3c(c1)OCO3)CC2. The number of piperidine rings is 1. The van der Waals surface area contributed by atoms with Crippen molar-refractivity contribution >= 4 is 11.8 Å². The zero-order valence-electron chi connectivity index (χ0n) is 16.4. The molecule has 0 aromatic heterocycles. The van der Waals surface area contributed by atoms with E-state index in [4.69, 9.17) is 14.2 Å². The van der Waals surface area contributed by atoms with Crippen LogP contribution in [0.5, 0.6) is 11.5 Å². The summed E-state index contributed by atoms with van der Waals surface area (Å²) in [7, 11) is 1.66. The van der Waals surface area contributed by atoms with Gasteiger partial charge >= 0.3 is 0 Å². The van der Waals surface area contributed by atoms with Crippen molar-refractivity contribution in [1.82, 2.24) is 9.80 Å². The lowest BCUT2D eigenvalue weighted by Gasteiger charge is -2.41. The third-order valence-corrected chi connectivity index (χ3v) is 6.43. The first kappa shape index (κ1) is 19.1. The highest BCUT2D eigenvalue weighted by atomic mass is 16.7. The summed E-state index contributed by atoms with van der Waals surface area (Å²) in [6, 6.07) is 5.37. The number of carbonyl (C=O) groups excluding carboxylic acids is 2. The number of benzene rings is 1. The smallest absolute Gasteiger partial charge is 0.253 e. The Morgan fingerprint density at radius 3 is 2.64 bits per heavy atom. The molecule has 0 radical (unpaired) electrons. The fourth-order valence-electron chi connectivity index (χ4n) is 4.49. The average Bonchev–Trinajstić information content (AvgIpc) is 3.14. The van der Waals surface area contributed by atoms with Gasteiger partial charge in [0.2, 0.25) is 12.7 Å². The summed E-state index contributed by atoms with van der Waals surface area (Å²) in [5.74, 6) is 1.60. The molecule has 0 N–H and O–H groups in total. The van der Waals surface area contributed by atoms with Gasteiger partial charge in [-0.1, -0.05) is 0 Å². The molecular weight excluding hydrogens is 360 g/mol. The van der Waals surface area contributed by atoms with Gasteiger partial charge in [0.1, 0.15) is 0 Å². The summed E-state index contributed by atoms with van der Waals surface area (Å²) in [5, 5.41) is 0. The molecule has 3 aliphatic heterocycles. The summed E-state index contributed by atoms with van der Waals surface area (Å²) in [6.45, 7) is 3.72. The highest BCUT2D eigenvalue weighted by Gasteiger charge is 2.39. The number of hydrogen-bond donors (Lipinski definition) is 0. The number of likely N-dealkylation sites (tertiary alicyclic amines) is 2. The van der Waals surface area contributed by atoms with Crippen LogP contribution in [0, 0.1) is 5.41 Å². The Morgan fingerprint density at radius 1 is 1.11 bits per heavy atom. The van der Waals surface area contributed by atoms with Crippen LogP contribution in [-0.2, 0) is 9.53 Å². The van der Waals surface area contributed by atoms with Gasteiger partial charge in [-0.2, -0.15) is 0 Å². The number of hydrogen-bond acceptors (Lipinski definition) is 5. The van der Waals surface area contributed by atoms with Gasteiger partial charge in [-0.25, -0.2) is 0 Å². The molecule has 3 heterocycles. The number of fused-ring (bicyclic) bond motifs is 1. The maximum atomic E-state index is 12.9. The largest absolute Gasteiger partial charge is 0.454 e. The van der Waals surface area contributed by atoms with Crippen molar-refractivity contribution in [1.29, 1.82) is 0 Å². The second-order valence-corrected chi connectivity index (χ2v) is 7.98. The van der Waals surface area contributed by atoms with Crippen LogP contribution in [0.2, 0.25) is 0 Å². The van der Waals surface area contributed by atoms with E-state index >= 15 is 0 Å². The Labute approximate surface area is 165 Å². The number of methoxy groups -OCH3 is 1. The average molecular weight is 388 g/mol. The number of amides is 2. The van der Waals surface area contributed by atoms with Gasteiger partial charge in [-0.05, 0) is 49.3 Å². The molecule has 7 heteroatoms. The lowest BCUT2D eigenvalue weighted by Crippen LogP contribution is -2.43. The summed E-state index contributed by atoms with van der Waals surface area (Å²) in [4.78, 5) is 29.2. The number of nitrogens with zero attached hydrogens (tertiary/aromatic N) is 2. The van der Waals surface area contributed by atoms with Gasteiger partial charge in [-0.3, -0.25) is 9.59 Å². The van der Waals surface area contributed by atoms with Gasteiger partial charge < -0.3 is 24.0 Å². The zero-order valence-corrected chi connectivity index (χ0v) is 16.4. The number of carbonyl (C=O) groups is 2. The van der Waals surface area contributed by atoms with Crippen molar-refractivity contribution in [3.05, 3.63) is 23.8 Å². The van der Waals surface area contributed by atoms with Gasteiger partial charge in [0.25, 0.3) is 5.91 Å². The number of ether oxygens (including phenoxy) is 3. The first-order valence-electron chi connectivity index (χ1n) is 10.1. The van der Waals surface area contributed by atoms with E-state index in [1.807, 2.05) is 9.80 Å². The van der Waals surface area contributed by atoms with Crippen LogP contribution in [0.15, 0.2) is 18.2 Å². The van der Waals surface area contributed by atoms with Gasteiger partial charge in [0.05, 0.1) is 6.61 Å². The topological polar surface area (TPSA) is 68.3 Å². The Morgan fingerprint density at radius 2 is 1.86 bits per heavy atom. The van der Waals surface area contributed by atoms with Gasteiger partial charge in [-0.15, -0.1) is 0 Å². The molecule has 3 aliphatic rings. The van der Waals surface area contributed by atoms with E-state index in [1.165, 1.54) is 0 Å². The van der Waals surface area contributed by atoms with Crippen LogP contribution >= 0.6 is 0 Å². The zero-order chi connectivity index (χ0) is 19.6. The predicted molar refractivity (Wildman–Crippen MR) is 102 cm³/mol. The molecule has 1 spiro atoms. The third-order valence-electron chi connectivity index (χ3n) is 6.43. The number of rotatable bonds is 4. The second-order valence-electron chi connectivity index (χ2n) is 7.98. The summed E-state index contributed by atoms with van der Waals surface area (Å²) in [6.07, 6.45) is 4.43. The Bertz CT molecular complexity index is 742. The Kier molecular flexibility index (Phi) is 5.44. The normalized spacial score (nSPS) is 21.1. The minimum absolute atomic E-state index is 0.0413. The van der Waals surface area contributed by atoms with Gasteiger partial charge in [0, 0.05) is 45.3 Å². The predicted octanol–water partition coefficient (Wildman–Crippen LogP) is 2.30. The van der Waals surface area contributed by atoms with Crippen molar-refractivity contribution in [2.45, 2.75) is 32.1 Å². The van der Waals surface area contributed by atoms with E-state index in [2.05, 4.69) is 0 Å². The highest BCUT2D eigenvalue weighted by Crippen LogP contribution is 2.42. The summed E-state index contributed by atoms with van der Waals surface area (Å²) >= 11 is 0. The summed E-state index contributed by atoms with van der Waals surface area (Å²) < 4.78 is 15.8. The Hall–Kier alpha value is -2.28. The second kappa shape index (κ2) is 7.99. The van der Waals surface area contributed by atoms with Crippen molar-refractivity contribution < 1.29 is 23.8 Å². The Balaban J connectivity index is 1.36. The first-order valence-corrected chi connectivity index (χ1v) is 10.1. The van der Waals surface area contributed by atoms with Crippen molar-refractivity contribution in [3.63, 3.8) is 0 Å². The molecule has 0 atom stereocenters. The molecule has 4 rings (SSSR count). The molecule has 2 fully saturated rings. The molecule has 0 saturated carbocycles. The van der Waals surface area contributed by atoms with Crippen LogP contribution < -0.4 is 9.47 Å². The van der Waals surface area contributed by atoms with E-state index in [-0.39, 0.29) is 24.0 Å². The van der Waals surface area contributed by atoms with E-state index < -0.39 is 0 Å². The minimum atomic E-state index is 0.0413. The van der Waals surface area contributed by atoms with Crippen molar-refractivity contribution in [2.75, 3.05) is 46.7 Å². The van der Waals surface area contributed by atoms with Gasteiger partial charge in [0.15, 0.2) is 11.5 Å². The molecule has 28 heavy (non-hydrogen) atoms. The van der Waals surface area contributed by atoms with Crippen LogP contribution in [0.25, 0.3) is 0 Å². The van der Waals surface area contributed by atoms with Crippen molar-refractivity contribution in [3.8, 4) is 11.5 Å². The lowest BCUT2D eigenvalue weighted by atomic mass is 9.73. The quantitative estimate of drug-likeness (QED) is 0.792. The standard InChI is InChI=1S/C21H28N2O5/c1-26-13-12-22-9-6-21(5-4-19(22)24)7-10-23(11-8-21)20(25)16-2-3-17-18(14-16)28-15-27-17/h2-3,14H,4-13,15H2,1H3. The monoisotopic (exact) mass is 388 g/mol. The molecule has 0 unspecified atom stereocenters. The fourth-order valence-corrected chi connectivity index (χ4v) is 4.49. The van der Waals surface area contributed by atoms with Crippen LogP contribution in [-0.4, -0.2) is 68.3 Å². The molecule has 7 nitrogen and oxygen atoms in total. The van der Waals surface area contributed by atoms with E-state index in [9.17, 15) is 9.59 Å².